The fraction of sp³-hybridized carbons (Fsp3) is 0.286. The molecule has 0 radical (unpaired) electrons. The van der Waals surface area contributed by atoms with E-state index in [1.807, 2.05) is 48.5 Å². The van der Waals surface area contributed by atoms with Crippen molar-refractivity contribution in [1.82, 2.24) is 15.2 Å². The van der Waals surface area contributed by atoms with Crippen LogP contribution in [-0.2, 0) is 9.53 Å². The van der Waals surface area contributed by atoms with Gasteiger partial charge in [-0.05, 0) is 30.5 Å². The SMILES string of the molecule is O=C(Nc1n[nH]c(-c2ccccc2Cl)n1)C(OC1CCCC1)c1ccccc1. The first kappa shape index (κ1) is 18.7. The van der Waals surface area contributed by atoms with Crippen molar-refractivity contribution in [2.45, 2.75) is 37.9 Å². The Kier molecular flexibility index (Phi) is 5.69. The van der Waals surface area contributed by atoms with E-state index in [2.05, 4.69) is 20.5 Å². The fourth-order valence-corrected chi connectivity index (χ4v) is 3.63. The molecule has 6 nitrogen and oxygen atoms in total. The van der Waals surface area contributed by atoms with E-state index in [-0.39, 0.29) is 18.0 Å². The molecule has 1 heterocycles. The van der Waals surface area contributed by atoms with Gasteiger partial charge in [0.25, 0.3) is 5.91 Å². The number of benzene rings is 2. The summed E-state index contributed by atoms with van der Waals surface area (Å²) < 4.78 is 6.14. The van der Waals surface area contributed by atoms with Crippen molar-refractivity contribution in [3.05, 3.63) is 65.2 Å². The molecule has 1 fully saturated rings. The zero-order chi connectivity index (χ0) is 19.3. The summed E-state index contributed by atoms with van der Waals surface area (Å²) >= 11 is 6.20. The van der Waals surface area contributed by atoms with Gasteiger partial charge < -0.3 is 4.74 Å². The summed E-state index contributed by atoms with van der Waals surface area (Å²) in [5, 5.41) is 10.2. The van der Waals surface area contributed by atoms with Crippen LogP contribution in [0.2, 0.25) is 5.02 Å². The number of halogens is 1. The smallest absolute Gasteiger partial charge is 0.260 e. The first-order chi connectivity index (χ1) is 13.7. The van der Waals surface area contributed by atoms with Crippen LogP contribution in [0.1, 0.15) is 37.4 Å². The van der Waals surface area contributed by atoms with Gasteiger partial charge in [-0.1, -0.05) is 66.9 Å². The Morgan fingerprint density at radius 1 is 1.11 bits per heavy atom. The molecule has 1 aliphatic rings. The maximum atomic E-state index is 13.0. The van der Waals surface area contributed by atoms with Gasteiger partial charge in [-0.3, -0.25) is 15.2 Å². The second kappa shape index (κ2) is 8.54. The minimum absolute atomic E-state index is 0.0989. The highest BCUT2D eigenvalue weighted by molar-refractivity contribution is 6.33. The minimum atomic E-state index is -0.702. The van der Waals surface area contributed by atoms with Gasteiger partial charge in [0, 0.05) is 5.56 Å². The molecule has 2 aromatic carbocycles. The van der Waals surface area contributed by atoms with Gasteiger partial charge in [0.05, 0.1) is 11.1 Å². The Morgan fingerprint density at radius 2 is 1.82 bits per heavy atom. The quantitative estimate of drug-likeness (QED) is 0.629. The van der Waals surface area contributed by atoms with Gasteiger partial charge in [0.15, 0.2) is 11.9 Å². The molecule has 0 bridgehead atoms. The highest BCUT2D eigenvalue weighted by Gasteiger charge is 2.28. The van der Waals surface area contributed by atoms with E-state index >= 15 is 0 Å². The summed E-state index contributed by atoms with van der Waals surface area (Å²) in [5.74, 6) is 0.396. The van der Waals surface area contributed by atoms with E-state index in [1.165, 1.54) is 0 Å². The number of aromatic nitrogens is 3. The monoisotopic (exact) mass is 396 g/mol. The lowest BCUT2D eigenvalue weighted by Crippen LogP contribution is -2.27. The van der Waals surface area contributed by atoms with Crippen molar-refractivity contribution in [2.75, 3.05) is 5.32 Å². The number of H-pyrrole nitrogens is 1. The zero-order valence-electron chi connectivity index (χ0n) is 15.3. The molecule has 7 heteroatoms. The van der Waals surface area contributed by atoms with Crippen molar-refractivity contribution in [1.29, 1.82) is 0 Å². The molecule has 1 aromatic heterocycles. The number of carbonyl (C=O) groups is 1. The average molecular weight is 397 g/mol. The van der Waals surface area contributed by atoms with Crippen LogP contribution in [0.25, 0.3) is 11.4 Å². The first-order valence-corrected chi connectivity index (χ1v) is 9.77. The summed E-state index contributed by atoms with van der Waals surface area (Å²) in [6.07, 6.45) is 3.63. The molecule has 3 aromatic rings. The largest absolute Gasteiger partial charge is 0.360 e. The molecule has 1 saturated carbocycles. The minimum Gasteiger partial charge on any atom is -0.360 e. The molecule has 144 valence electrons. The molecule has 28 heavy (non-hydrogen) atoms. The molecule has 4 rings (SSSR count). The molecule has 2 N–H and O–H groups in total. The van der Waals surface area contributed by atoms with Crippen molar-refractivity contribution in [3.8, 4) is 11.4 Å². The predicted octanol–water partition coefficient (Wildman–Crippen LogP) is 4.76. The Morgan fingerprint density at radius 3 is 2.57 bits per heavy atom. The molecule has 1 amide bonds. The van der Waals surface area contributed by atoms with Gasteiger partial charge >= 0.3 is 0 Å². The van der Waals surface area contributed by atoms with E-state index in [4.69, 9.17) is 16.3 Å². The zero-order valence-corrected chi connectivity index (χ0v) is 16.0. The summed E-state index contributed by atoms with van der Waals surface area (Å²) in [5.41, 5.74) is 1.53. The third kappa shape index (κ3) is 4.24. The topological polar surface area (TPSA) is 79.9 Å². The van der Waals surface area contributed by atoms with Gasteiger partial charge in [0.2, 0.25) is 5.95 Å². The van der Waals surface area contributed by atoms with Gasteiger partial charge in [-0.2, -0.15) is 4.98 Å². The lowest BCUT2D eigenvalue weighted by molar-refractivity contribution is -0.131. The average Bonchev–Trinajstić information content (AvgIpc) is 3.39. The van der Waals surface area contributed by atoms with Crippen LogP contribution >= 0.6 is 11.6 Å². The van der Waals surface area contributed by atoms with Gasteiger partial charge in [0.1, 0.15) is 0 Å². The Balaban J connectivity index is 1.52. The number of ether oxygens (including phenoxy) is 1. The fourth-order valence-electron chi connectivity index (χ4n) is 3.40. The Labute approximate surface area is 168 Å². The molecular weight excluding hydrogens is 376 g/mol. The number of anilines is 1. The van der Waals surface area contributed by atoms with Crippen LogP contribution in [0, 0.1) is 0 Å². The number of nitrogens with zero attached hydrogens (tertiary/aromatic N) is 2. The summed E-state index contributed by atoms with van der Waals surface area (Å²) in [4.78, 5) is 17.3. The number of carbonyl (C=O) groups excluding carboxylic acids is 1. The van der Waals surface area contributed by atoms with E-state index in [0.29, 0.717) is 10.8 Å². The number of rotatable bonds is 6. The van der Waals surface area contributed by atoms with Gasteiger partial charge in [-0.25, -0.2) is 0 Å². The predicted molar refractivity (Wildman–Crippen MR) is 108 cm³/mol. The molecular formula is C21H21ClN4O2. The lowest BCUT2D eigenvalue weighted by atomic mass is 10.1. The maximum Gasteiger partial charge on any atom is 0.260 e. The Bertz CT molecular complexity index is 938. The van der Waals surface area contributed by atoms with Crippen LogP contribution in [-0.4, -0.2) is 27.2 Å². The molecule has 0 spiro atoms. The first-order valence-electron chi connectivity index (χ1n) is 9.39. The highest BCUT2D eigenvalue weighted by Crippen LogP contribution is 2.29. The number of amides is 1. The summed E-state index contributed by atoms with van der Waals surface area (Å²) in [6.45, 7) is 0. The lowest BCUT2D eigenvalue weighted by Gasteiger charge is -2.21. The number of aromatic amines is 1. The molecule has 1 unspecified atom stereocenters. The number of hydrogen-bond acceptors (Lipinski definition) is 4. The second-order valence-electron chi connectivity index (χ2n) is 6.81. The van der Waals surface area contributed by atoms with Crippen LogP contribution in [0.5, 0.6) is 0 Å². The van der Waals surface area contributed by atoms with E-state index < -0.39 is 6.10 Å². The molecule has 0 aliphatic heterocycles. The third-order valence-corrected chi connectivity index (χ3v) is 5.15. The summed E-state index contributed by atoms with van der Waals surface area (Å²) in [7, 11) is 0. The Hall–Kier alpha value is -2.70. The van der Waals surface area contributed by atoms with Crippen LogP contribution in [0.3, 0.4) is 0 Å². The maximum absolute atomic E-state index is 13.0. The standard InChI is InChI=1S/C21H21ClN4O2/c22-17-13-7-6-12-16(17)19-23-21(26-25-19)24-20(27)18(14-8-2-1-3-9-14)28-15-10-4-5-11-15/h1-3,6-9,12-13,15,18H,4-5,10-11H2,(H2,23,24,25,26,27). The van der Waals surface area contributed by atoms with Crippen molar-refractivity contribution in [3.63, 3.8) is 0 Å². The van der Waals surface area contributed by atoms with Gasteiger partial charge in [-0.15, -0.1) is 5.10 Å². The van der Waals surface area contributed by atoms with E-state index in [1.54, 1.807) is 6.07 Å². The van der Waals surface area contributed by atoms with Crippen molar-refractivity contribution >= 4 is 23.5 Å². The normalized spacial score (nSPS) is 15.5. The summed E-state index contributed by atoms with van der Waals surface area (Å²) in [6, 6.07) is 16.8. The van der Waals surface area contributed by atoms with Crippen molar-refractivity contribution in [2.24, 2.45) is 0 Å². The number of hydrogen-bond donors (Lipinski definition) is 2. The molecule has 0 saturated heterocycles. The van der Waals surface area contributed by atoms with E-state index in [9.17, 15) is 4.79 Å². The third-order valence-electron chi connectivity index (χ3n) is 4.82. The van der Waals surface area contributed by atoms with E-state index in [0.717, 1.165) is 36.8 Å². The molecule has 1 aliphatic carbocycles. The van der Waals surface area contributed by atoms with Crippen LogP contribution < -0.4 is 5.32 Å². The van der Waals surface area contributed by atoms with Crippen LogP contribution in [0.15, 0.2) is 54.6 Å². The highest BCUT2D eigenvalue weighted by atomic mass is 35.5. The molecule has 1 atom stereocenters. The van der Waals surface area contributed by atoms with Crippen molar-refractivity contribution < 1.29 is 9.53 Å². The number of nitrogens with one attached hydrogen (secondary N) is 2. The second-order valence-corrected chi connectivity index (χ2v) is 7.22. The van der Waals surface area contributed by atoms with Crippen LogP contribution in [0.4, 0.5) is 5.95 Å².